The molecule has 2 rings (SSSR count). The van der Waals surface area contributed by atoms with E-state index in [0.717, 1.165) is 0 Å². The molecule has 19 heavy (non-hydrogen) atoms. The summed E-state index contributed by atoms with van der Waals surface area (Å²) in [5, 5.41) is 0.0734. The van der Waals surface area contributed by atoms with E-state index in [2.05, 4.69) is 15.9 Å². The molecule has 0 saturated carbocycles. The molecule has 98 valence electrons. The lowest BCUT2D eigenvalue weighted by Gasteiger charge is -2.13. The lowest BCUT2D eigenvalue weighted by molar-refractivity contribution is 0.0897. The van der Waals surface area contributed by atoms with Crippen LogP contribution >= 0.6 is 39.1 Å². The van der Waals surface area contributed by atoms with Crippen LogP contribution in [0.4, 0.5) is 0 Å². The second-order valence-electron chi connectivity index (χ2n) is 3.74. The highest BCUT2D eigenvalue weighted by molar-refractivity contribution is 9.09. The van der Waals surface area contributed by atoms with Gasteiger partial charge >= 0.3 is 0 Å². The zero-order valence-corrected chi connectivity index (χ0v) is 12.7. The molecule has 0 fully saturated rings. The van der Waals surface area contributed by atoms with Crippen molar-refractivity contribution in [3.05, 3.63) is 64.1 Å². The monoisotopic (exact) mass is 358 g/mol. The van der Waals surface area contributed by atoms with Gasteiger partial charge in [0, 0.05) is 10.6 Å². The molecule has 0 aliphatic heterocycles. The summed E-state index contributed by atoms with van der Waals surface area (Å²) in [6, 6.07) is 13.7. The van der Waals surface area contributed by atoms with Gasteiger partial charge in [-0.1, -0.05) is 53.5 Å². The highest BCUT2D eigenvalue weighted by Gasteiger charge is 2.19. The zero-order valence-electron chi connectivity index (χ0n) is 9.65. The van der Waals surface area contributed by atoms with E-state index >= 15 is 0 Å². The summed E-state index contributed by atoms with van der Waals surface area (Å²) in [6.07, 6.45) is 0. The van der Waals surface area contributed by atoms with Crippen LogP contribution in [-0.2, 0) is 0 Å². The Hall–Kier alpha value is -1.03. The van der Waals surface area contributed by atoms with Crippen LogP contribution in [0.1, 0.15) is 10.4 Å². The van der Waals surface area contributed by atoms with Crippen LogP contribution in [0.25, 0.3) is 0 Å². The van der Waals surface area contributed by atoms with E-state index in [1.165, 1.54) is 0 Å². The molecule has 0 aliphatic rings. The molecule has 0 aliphatic carbocycles. The van der Waals surface area contributed by atoms with E-state index in [1.807, 2.05) is 6.07 Å². The second-order valence-corrected chi connectivity index (χ2v) is 5.41. The molecular formula is C14H9BrCl2O2. The minimum Gasteiger partial charge on any atom is -0.469 e. The first-order valence-electron chi connectivity index (χ1n) is 5.43. The van der Waals surface area contributed by atoms with Crippen LogP contribution in [0, 0.1) is 0 Å². The number of carbonyl (C=O) groups excluding carboxylic acids is 1. The highest BCUT2D eigenvalue weighted by Crippen LogP contribution is 2.29. The molecule has 5 heteroatoms. The predicted octanol–water partition coefficient (Wildman–Crippen LogP) is 4.98. The molecule has 0 N–H and O–H groups in total. The SMILES string of the molecule is O=C(c1ccccc1)C(Br)Oc1ccc(Cl)cc1Cl. The highest BCUT2D eigenvalue weighted by atomic mass is 79.9. The van der Waals surface area contributed by atoms with Crippen LogP contribution in [0.5, 0.6) is 5.75 Å². The van der Waals surface area contributed by atoms with Crippen LogP contribution in [0.2, 0.25) is 10.0 Å². The Morgan fingerprint density at radius 2 is 1.79 bits per heavy atom. The fourth-order valence-electron chi connectivity index (χ4n) is 1.47. The molecule has 0 amide bonds. The molecule has 2 nitrogen and oxygen atoms in total. The van der Waals surface area contributed by atoms with Crippen molar-refractivity contribution in [2.75, 3.05) is 0 Å². The van der Waals surface area contributed by atoms with Crippen LogP contribution in [0.15, 0.2) is 48.5 Å². The van der Waals surface area contributed by atoms with Crippen molar-refractivity contribution in [2.24, 2.45) is 0 Å². The van der Waals surface area contributed by atoms with Crippen molar-refractivity contribution in [1.82, 2.24) is 0 Å². The van der Waals surface area contributed by atoms with E-state index in [9.17, 15) is 4.79 Å². The summed E-state index contributed by atoms with van der Waals surface area (Å²) in [5.41, 5.74) is 0.564. The average molecular weight is 360 g/mol. The standard InChI is InChI=1S/C14H9BrCl2O2/c15-14(13(18)9-4-2-1-3-5-9)19-12-7-6-10(16)8-11(12)17/h1-8,14H. The summed E-state index contributed by atoms with van der Waals surface area (Å²) >= 11 is 15.0. The number of hydrogen-bond donors (Lipinski definition) is 0. The van der Waals surface area contributed by atoms with Gasteiger partial charge in [0.2, 0.25) is 10.8 Å². The van der Waals surface area contributed by atoms with Crippen molar-refractivity contribution < 1.29 is 9.53 Å². The number of ether oxygens (including phenoxy) is 1. The van der Waals surface area contributed by atoms with Crippen LogP contribution in [0.3, 0.4) is 0 Å². The molecule has 0 spiro atoms. The number of alkyl halides is 1. The van der Waals surface area contributed by atoms with E-state index in [1.54, 1.807) is 42.5 Å². The molecule has 1 atom stereocenters. The van der Waals surface area contributed by atoms with E-state index in [-0.39, 0.29) is 5.78 Å². The van der Waals surface area contributed by atoms with E-state index < -0.39 is 5.01 Å². The Morgan fingerprint density at radius 1 is 1.11 bits per heavy atom. The van der Waals surface area contributed by atoms with Gasteiger partial charge in [-0.25, -0.2) is 0 Å². The molecule has 0 bridgehead atoms. The molecule has 0 saturated heterocycles. The van der Waals surface area contributed by atoms with Gasteiger partial charge in [-0.05, 0) is 34.1 Å². The van der Waals surface area contributed by atoms with Gasteiger partial charge in [-0.15, -0.1) is 0 Å². The fraction of sp³-hybridized carbons (Fsp3) is 0.0714. The Balaban J connectivity index is 2.13. The summed E-state index contributed by atoms with van der Waals surface area (Å²) in [6.45, 7) is 0. The summed E-state index contributed by atoms with van der Waals surface area (Å²) in [4.78, 5) is 12.1. The Labute approximate surface area is 129 Å². The third kappa shape index (κ3) is 3.72. The summed E-state index contributed by atoms with van der Waals surface area (Å²) in [5.74, 6) is 0.226. The molecule has 0 heterocycles. The number of rotatable bonds is 4. The zero-order chi connectivity index (χ0) is 13.8. The third-order valence-electron chi connectivity index (χ3n) is 2.39. The first-order valence-corrected chi connectivity index (χ1v) is 7.10. The van der Waals surface area contributed by atoms with Gasteiger partial charge in [-0.3, -0.25) is 4.79 Å². The molecule has 0 aromatic heterocycles. The minimum atomic E-state index is -0.798. The lowest BCUT2D eigenvalue weighted by atomic mass is 10.1. The maximum absolute atomic E-state index is 12.1. The maximum Gasteiger partial charge on any atom is 0.215 e. The Kier molecular flexibility index (Phi) is 4.86. The third-order valence-corrected chi connectivity index (χ3v) is 3.52. The average Bonchev–Trinajstić information content (AvgIpc) is 2.42. The van der Waals surface area contributed by atoms with Crippen LogP contribution < -0.4 is 4.74 Å². The molecular weight excluding hydrogens is 351 g/mol. The van der Waals surface area contributed by atoms with Gasteiger partial charge in [0.05, 0.1) is 5.02 Å². The number of Topliss-reactive ketones (excluding diaryl/α,β-unsaturated/α-hetero) is 1. The van der Waals surface area contributed by atoms with E-state index in [0.29, 0.717) is 21.4 Å². The molecule has 0 radical (unpaired) electrons. The van der Waals surface area contributed by atoms with Gasteiger partial charge in [0.1, 0.15) is 5.75 Å². The van der Waals surface area contributed by atoms with Crippen LogP contribution in [-0.4, -0.2) is 10.8 Å². The number of hydrogen-bond acceptors (Lipinski definition) is 2. The maximum atomic E-state index is 12.1. The van der Waals surface area contributed by atoms with Crippen molar-refractivity contribution in [1.29, 1.82) is 0 Å². The lowest BCUT2D eigenvalue weighted by Crippen LogP contribution is -2.20. The van der Waals surface area contributed by atoms with Crippen molar-refractivity contribution in [2.45, 2.75) is 5.01 Å². The molecule has 2 aromatic carbocycles. The first-order chi connectivity index (χ1) is 9.08. The van der Waals surface area contributed by atoms with Crippen molar-refractivity contribution in [3.63, 3.8) is 0 Å². The van der Waals surface area contributed by atoms with Crippen molar-refractivity contribution >= 4 is 44.9 Å². The largest absolute Gasteiger partial charge is 0.469 e. The van der Waals surface area contributed by atoms with Gasteiger partial charge in [0.25, 0.3) is 0 Å². The molecule has 1 unspecified atom stereocenters. The van der Waals surface area contributed by atoms with Gasteiger partial charge in [0.15, 0.2) is 0 Å². The summed E-state index contributed by atoms with van der Waals surface area (Å²) in [7, 11) is 0. The van der Waals surface area contributed by atoms with Gasteiger partial charge < -0.3 is 4.74 Å². The second kappa shape index (κ2) is 6.42. The number of carbonyl (C=O) groups is 1. The Bertz CT molecular complexity index is 587. The summed E-state index contributed by atoms with van der Waals surface area (Å²) < 4.78 is 5.49. The fourth-order valence-corrected chi connectivity index (χ4v) is 2.39. The number of halogens is 3. The quantitative estimate of drug-likeness (QED) is 0.568. The normalized spacial score (nSPS) is 11.9. The smallest absolute Gasteiger partial charge is 0.215 e. The Morgan fingerprint density at radius 3 is 2.42 bits per heavy atom. The topological polar surface area (TPSA) is 26.3 Å². The van der Waals surface area contributed by atoms with E-state index in [4.69, 9.17) is 27.9 Å². The van der Waals surface area contributed by atoms with Gasteiger partial charge in [-0.2, -0.15) is 0 Å². The van der Waals surface area contributed by atoms with Crippen molar-refractivity contribution in [3.8, 4) is 5.75 Å². The first kappa shape index (κ1) is 14.4. The number of benzene rings is 2. The predicted molar refractivity (Wildman–Crippen MR) is 80.6 cm³/mol. The minimum absolute atomic E-state index is 0.174. The molecule has 2 aromatic rings. The number of ketones is 1.